The highest BCUT2D eigenvalue weighted by Crippen LogP contribution is 2.54. The fourth-order valence-electron chi connectivity index (χ4n) is 5.38. The minimum Gasteiger partial charge on any atom is -0.330 e. The molecule has 2 aliphatic heterocycles. The Morgan fingerprint density at radius 2 is 2.00 bits per heavy atom. The van der Waals surface area contributed by atoms with E-state index in [1.165, 1.54) is 36.9 Å². The van der Waals surface area contributed by atoms with Gasteiger partial charge < -0.3 is 4.90 Å². The van der Waals surface area contributed by atoms with Crippen molar-refractivity contribution >= 4 is 5.91 Å². The van der Waals surface area contributed by atoms with Crippen molar-refractivity contribution in [1.29, 1.82) is 0 Å². The van der Waals surface area contributed by atoms with Gasteiger partial charge in [0.05, 0.1) is 6.04 Å². The molecule has 4 heteroatoms. The van der Waals surface area contributed by atoms with Crippen LogP contribution in [-0.2, 0) is 13.0 Å². The van der Waals surface area contributed by atoms with Gasteiger partial charge in [-0.05, 0) is 61.0 Å². The molecule has 2 saturated carbocycles. The number of benzene rings is 1. The summed E-state index contributed by atoms with van der Waals surface area (Å²) in [5, 5.41) is 4.69. The minimum atomic E-state index is 0.134. The van der Waals surface area contributed by atoms with Crippen molar-refractivity contribution < 1.29 is 4.79 Å². The van der Waals surface area contributed by atoms with Crippen molar-refractivity contribution in [2.24, 2.45) is 17.3 Å². The fraction of sp³-hybridized carbons (Fsp3) is 0.524. The summed E-state index contributed by atoms with van der Waals surface area (Å²) >= 11 is 0. The Morgan fingerprint density at radius 3 is 2.68 bits per heavy atom. The SMILES string of the molecule is O=C(c1cc2n(n1)CC1(CC1)C2)N1C[C@@H]2CC[C@@H]2[C@@H]1c1ccccc1. The van der Waals surface area contributed by atoms with Gasteiger partial charge in [-0.25, -0.2) is 0 Å². The Kier molecular flexibility index (Phi) is 2.68. The molecule has 0 bridgehead atoms. The van der Waals surface area contributed by atoms with E-state index in [0.717, 1.165) is 19.5 Å². The summed E-state index contributed by atoms with van der Waals surface area (Å²) in [5.41, 5.74) is 3.71. The first-order valence-electron chi connectivity index (χ1n) is 9.65. The standard InChI is InChI=1S/C21H23N3O/c25-20(18-10-16-11-21(8-9-21)13-24(16)22-18)23-12-15-6-7-17(15)19(23)14-4-2-1-3-5-14/h1-5,10,15,17,19H,6-9,11-13H2/t15-,17-,19-/m0/s1. The van der Waals surface area contributed by atoms with E-state index < -0.39 is 0 Å². The molecular weight excluding hydrogens is 310 g/mol. The zero-order valence-corrected chi connectivity index (χ0v) is 14.4. The third kappa shape index (κ3) is 2.00. The average Bonchev–Trinajstić information content (AvgIpc) is 2.98. The largest absolute Gasteiger partial charge is 0.330 e. The van der Waals surface area contributed by atoms with Crippen molar-refractivity contribution in [3.63, 3.8) is 0 Å². The fourth-order valence-corrected chi connectivity index (χ4v) is 5.38. The summed E-state index contributed by atoms with van der Waals surface area (Å²) in [6, 6.07) is 12.9. The van der Waals surface area contributed by atoms with E-state index in [-0.39, 0.29) is 11.9 Å². The van der Waals surface area contributed by atoms with E-state index in [2.05, 4.69) is 46.0 Å². The normalized spacial score (nSPS) is 30.9. The molecular formula is C21H23N3O. The number of carbonyl (C=O) groups excluding carboxylic acids is 1. The van der Waals surface area contributed by atoms with Crippen molar-refractivity contribution in [3.8, 4) is 0 Å². The lowest BCUT2D eigenvalue weighted by Gasteiger charge is -2.34. The first-order chi connectivity index (χ1) is 12.2. The molecule has 4 nitrogen and oxygen atoms in total. The van der Waals surface area contributed by atoms with Crippen LogP contribution in [0.2, 0.25) is 0 Å². The smallest absolute Gasteiger partial charge is 0.274 e. The van der Waals surface area contributed by atoms with Crippen LogP contribution in [-0.4, -0.2) is 27.1 Å². The van der Waals surface area contributed by atoms with Gasteiger partial charge in [0, 0.05) is 18.8 Å². The molecule has 0 radical (unpaired) electrons. The van der Waals surface area contributed by atoms with Crippen LogP contribution >= 0.6 is 0 Å². The second-order valence-electron chi connectivity index (χ2n) is 8.67. The van der Waals surface area contributed by atoms with Crippen LogP contribution in [0, 0.1) is 17.3 Å². The van der Waals surface area contributed by atoms with Crippen LogP contribution < -0.4 is 0 Å². The van der Waals surface area contributed by atoms with Crippen molar-refractivity contribution in [3.05, 3.63) is 53.3 Å². The van der Waals surface area contributed by atoms with Crippen molar-refractivity contribution in [1.82, 2.24) is 14.7 Å². The molecule has 3 fully saturated rings. The van der Waals surface area contributed by atoms with Gasteiger partial charge in [-0.15, -0.1) is 0 Å². The van der Waals surface area contributed by atoms with Crippen molar-refractivity contribution in [2.75, 3.05) is 6.54 Å². The molecule has 2 aromatic rings. The number of carbonyl (C=O) groups is 1. The van der Waals surface area contributed by atoms with Gasteiger partial charge in [-0.2, -0.15) is 5.10 Å². The molecule has 25 heavy (non-hydrogen) atoms. The maximum absolute atomic E-state index is 13.3. The predicted molar refractivity (Wildman–Crippen MR) is 94.0 cm³/mol. The summed E-state index contributed by atoms with van der Waals surface area (Å²) in [5.74, 6) is 1.45. The van der Waals surface area contributed by atoms with Crippen LogP contribution in [0.15, 0.2) is 36.4 Å². The Morgan fingerprint density at radius 1 is 1.16 bits per heavy atom. The second-order valence-corrected chi connectivity index (χ2v) is 8.67. The highest BCUT2D eigenvalue weighted by molar-refractivity contribution is 5.93. The zero-order valence-electron chi connectivity index (χ0n) is 14.4. The number of fused-ring (bicyclic) bond motifs is 2. The summed E-state index contributed by atoms with van der Waals surface area (Å²) in [6.45, 7) is 1.91. The van der Waals surface area contributed by atoms with Crippen LogP contribution in [0.4, 0.5) is 0 Å². The molecule has 1 aromatic carbocycles. The van der Waals surface area contributed by atoms with E-state index in [0.29, 0.717) is 22.9 Å². The molecule has 6 rings (SSSR count). The lowest BCUT2D eigenvalue weighted by atomic mass is 9.71. The molecule has 1 amide bonds. The zero-order chi connectivity index (χ0) is 16.6. The van der Waals surface area contributed by atoms with Crippen molar-refractivity contribution in [2.45, 2.75) is 44.7 Å². The summed E-state index contributed by atoms with van der Waals surface area (Å²) in [4.78, 5) is 15.4. The Bertz CT molecular complexity index is 826. The van der Waals surface area contributed by atoms with Crippen LogP contribution in [0.1, 0.15) is 53.5 Å². The van der Waals surface area contributed by atoms with E-state index >= 15 is 0 Å². The van der Waals surface area contributed by atoms with Gasteiger partial charge >= 0.3 is 0 Å². The Balaban J connectivity index is 1.31. The molecule has 0 unspecified atom stereocenters. The minimum absolute atomic E-state index is 0.134. The topological polar surface area (TPSA) is 38.1 Å². The third-order valence-electron chi connectivity index (χ3n) is 7.13. The summed E-state index contributed by atoms with van der Waals surface area (Å²) < 4.78 is 2.10. The number of hydrogen-bond acceptors (Lipinski definition) is 2. The highest BCUT2D eigenvalue weighted by atomic mass is 16.2. The maximum Gasteiger partial charge on any atom is 0.274 e. The van der Waals surface area contributed by atoms with Gasteiger partial charge in [-0.1, -0.05) is 30.3 Å². The Hall–Kier alpha value is -2.10. The average molecular weight is 333 g/mol. The third-order valence-corrected chi connectivity index (χ3v) is 7.13. The van der Waals surface area contributed by atoms with E-state index in [4.69, 9.17) is 5.10 Å². The lowest BCUT2D eigenvalue weighted by molar-refractivity contribution is 0.0709. The molecule has 2 aliphatic carbocycles. The first kappa shape index (κ1) is 14.1. The Labute approximate surface area is 147 Å². The summed E-state index contributed by atoms with van der Waals surface area (Å²) in [6.07, 6.45) is 6.27. The van der Waals surface area contributed by atoms with Gasteiger partial charge in [0.15, 0.2) is 5.69 Å². The molecule has 0 N–H and O–H groups in total. The molecule has 1 spiro atoms. The predicted octanol–water partition coefficient (Wildman–Crippen LogP) is 3.44. The molecule has 3 heterocycles. The summed E-state index contributed by atoms with van der Waals surface area (Å²) in [7, 11) is 0. The van der Waals surface area contributed by atoms with E-state index in [1.54, 1.807) is 0 Å². The molecule has 4 aliphatic rings. The number of amides is 1. The molecule has 3 atom stereocenters. The molecule has 1 saturated heterocycles. The van der Waals surface area contributed by atoms with E-state index in [9.17, 15) is 4.79 Å². The van der Waals surface area contributed by atoms with E-state index in [1.807, 2.05) is 0 Å². The number of rotatable bonds is 2. The number of hydrogen-bond donors (Lipinski definition) is 0. The monoisotopic (exact) mass is 333 g/mol. The molecule has 1 aromatic heterocycles. The number of nitrogens with zero attached hydrogens (tertiary/aromatic N) is 3. The van der Waals surface area contributed by atoms with Gasteiger partial charge in [0.1, 0.15) is 0 Å². The number of aromatic nitrogens is 2. The second kappa shape index (κ2) is 4.75. The highest BCUT2D eigenvalue weighted by Gasteiger charge is 2.51. The van der Waals surface area contributed by atoms with Crippen LogP contribution in [0.5, 0.6) is 0 Å². The molecule has 128 valence electrons. The van der Waals surface area contributed by atoms with Crippen LogP contribution in [0.25, 0.3) is 0 Å². The quantitative estimate of drug-likeness (QED) is 0.844. The maximum atomic E-state index is 13.3. The van der Waals surface area contributed by atoms with Gasteiger partial charge in [-0.3, -0.25) is 9.48 Å². The lowest BCUT2D eigenvalue weighted by Crippen LogP contribution is -2.32. The first-order valence-corrected chi connectivity index (χ1v) is 9.65. The van der Waals surface area contributed by atoms with Gasteiger partial charge in [0.2, 0.25) is 0 Å². The number of likely N-dealkylation sites (tertiary alicyclic amines) is 1. The van der Waals surface area contributed by atoms with Gasteiger partial charge in [0.25, 0.3) is 5.91 Å². The van der Waals surface area contributed by atoms with Crippen LogP contribution in [0.3, 0.4) is 0 Å².